The zero-order valence-electron chi connectivity index (χ0n) is 24.0. The number of carbonyl (C=O) groups excluding carboxylic acids is 2. The number of fused-ring (bicyclic) bond motifs is 1. The molecule has 3 aromatic heterocycles. The van der Waals surface area contributed by atoms with E-state index in [0.717, 1.165) is 24.2 Å². The van der Waals surface area contributed by atoms with Crippen molar-refractivity contribution in [2.75, 3.05) is 37.4 Å². The normalized spacial score (nSPS) is 19.7. The van der Waals surface area contributed by atoms with E-state index in [1.807, 2.05) is 41.5 Å². The highest BCUT2D eigenvalue weighted by Gasteiger charge is 2.46. The first-order valence-electron chi connectivity index (χ1n) is 14.3. The summed E-state index contributed by atoms with van der Waals surface area (Å²) in [5, 5.41) is 2.82. The second kappa shape index (κ2) is 11.1. The summed E-state index contributed by atoms with van der Waals surface area (Å²) in [5.74, 6) is 2.14. The van der Waals surface area contributed by atoms with E-state index in [1.165, 1.54) is 0 Å². The van der Waals surface area contributed by atoms with E-state index in [2.05, 4.69) is 22.2 Å². The van der Waals surface area contributed by atoms with Crippen LogP contribution in [-0.4, -0.2) is 68.5 Å². The molecule has 0 bridgehead atoms. The van der Waals surface area contributed by atoms with E-state index in [0.29, 0.717) is 60.5 Å². The average molecular weight is 570 g/mol. The summed E-state index contributed by atoms with van der Waals surface area (Å²) in [6.07, 6.45) is 6.91. The molecule has 2 atom stereocenters. The van der Waals surface area contributed by atoms with Crippen LogP contribution in [0, 0.1) is 5.41 Å². The molecule has 2 fully saturated rings. The standard InChI is InChI=1S/C31H35N7O4/c1-4-42-23-11-12-33-24(15-23)35-29(39)21-9-7-20(8-10-21)25-26-27(32)34-13-14-37(26)28(36-25)22-6-5-19(2)38(16-22)30(40)31(3)17-41-18-31/h7-15,19,22H,4-6,16-18H2,1-3H3,(H2,32,34)(H,33,35,39)/t19-,22+/m0/s1. The fourth-order valence-electron chi connectivity index (χ4n) is 5.76. The van der Waals surface area contributed by atoms with Crippen molar-refractivity contribution < 1.29 is 19.1 Å². The van der Waals surface area contributed by atoms with Crippen LogP contribution < -0.4 is 15.8 Å². The number of aromatic nitrogens is 4. The van der Waals surface area contributed by atoms with Crippen LogP contribution in [0.25, 0.3) is 16.8 Å². The second-order valence-electron chi connectivity index (χ2n) is 11.3. The Balaban J connectivity index is 1.27. The van der Waals surface area contributed by atoms with Gasteiger partial charge in [0, 0.05) is 54.3 Å². The summed E-state index contributed by atoms with van der Waals surface area (Å²) in [4.78, 5) is 42.0. The number of likely N-dealkylation sites (tertiary alicyclic amines) is 1. The van der Waals surface area contributed by atoms with Gasteiger partial charge >= 0.3 is 0 Å². The number of imidazole rings is 1. The van der Waals surface area contributed by atoms with Crippen molar-refractivity contribution in [1.82, 2.24) is 24.3 Å². The number of pyridine rings is 1. The monoisotopic (exact) mass is 569 g/mol. The molecule has 0 unspecified atom stereocenters. The predicted octanol–water partition coefficient (Wildman–Crippen LogP) is 4.16. The minimum atomic E-state index is -0.458. The van der Waals surface area contributed by atoms with E-state index >= 15 is 0 Å². The van der Waals surface area contributed by atoms with Crippen molar-refractivity contribution in [2.45, 2.75) is 45.6 Å². The summed E-state index contributed by atoms with van der Waals surface area (Å²) < 4.78 is 12.9. The first-order valence-corrected chi connectivity index (χ1v) is 14.3. The van der Waals surface area contributed by atoms with Crippen LogP contribution in [-0.2, 0) is 9.53 Å². The number of amides is 2. The smallest absolute Gasteiger partial charge is 0.256 e. The Morgan fingerprint density at radius 1 is 1.14 bits per heavy atom. The highest BCUT2D eigenvalue weighted by atomic mass is 16.5. The summed E-state index contributed by atoms with van der Waals surface area (Å²) in [6, 6.07) is 10.8. The molecule has 4 aromatic rings. The van der Waals surface area contributed by atoms with Gasteiger partial charge in [-0.3, -0.25) is 14.0 Å². The molecule has 3 N–H and O–H groups in total. The fraction of sp³-hybridized carbons (Fsp3) is 0.387. The third-order valence-corrected chi connectivity index (χ3v) is 8.18. The van der Waals surface area contributed by atoms with Gasteiger partial charge in [-0.1, -0.05) is 12.1 Å². The lowest BCUT2D eigenvalue weighted by molar-refractivity contribution is -0.172. The van der Waals surface area contributed by atoms with Crippen LogP contribution in [0.15, 0.2) is 55.0 Å². The van der Waals surface area contributed by atoms with Gasteiger partial charge in [0.2, 0.25) is 5.91 Å². The van der Waals surface area contributed by atoms with E-state index in [4.69, 9.17) is 20.2 Å². The average Bonchev–Trinajstić information content (AvgIpc) is 3.37. The van der Waals surface area contributed by atoms with Crippen LogP contribution in [0.4, 0.5) is 11.6 Å². The maximum atomic E-state index is 13.4. The van der Waals surface area contributed by atoms with E-state index in [-0.39, 0.29) is 23.8 Å². The zero-order valence-corrected chi connectivity index (χ0v) is 24.0. The number of nitrogens with two attached hydrogens (primary N) is 1. The third-order valence-electron chi connectivity index (χ3n) is 8.18. The lowest BCUT2D eigenvalue weighted by atomic mass is 9.84. The minimum absolute atomic E-state index is 0.0304. The maximum Gasteiger partial charge on any atom is 0.256 e. The van der Waals surface area contributed by atoms with Crippen LogP contribution in [0.2, 0.25) is 0 Å². The molecule has 0 spiro atoms. The van der Waals surface area contributed by atoms with Crippen LogP contribution in [0.3, 0.4) is 0 Å². The first-order chi connectivity index (χ1) is 20.3. The number of nitrogen functional groups attached to an aromatic ring is 1. The van der Waals surface area contributed by atoms with Crippen LogP contribution in [0.5, 0.6) is 5.75 Å². The molecule has 2 aliphatic heterocycles. The van der Waals surface area contributed by atoms with Crippen molar-refractivity contribution in [1.29, 1.82) is 0 Å². The molecule has 6 rings (SSSR count). The van der Waals surface area contributed by atoms with Gasteiger partial charge in [0.25, 0.3) is 5.91 Å². The highest BCUT2D eigenvalue weighted by Crippen LogP contribution is 2.38. The van der Waals surface area contributed by atoms with Gasteiger partial charge in [-0.25, -0.2) is 15.0 Å². The van der Waals surface area contributed by atoms with Gasteiger partial charge in [-0.05, 0) is 51.8 Å². The number of nitrogens with zero attached hydrogens (tertiary/aromatic N) is 5. The molecular weight excluding hydrogens is 534 g/mol. The number of hydrogen-bond donors (Lipinski definition) is 2. The molecule has 0 aliphatic carbocycles. The molecule has 5 heterocycles. The third kappa shape index (κ3) is 5.04. The van der Waals surface area contributed by atoms with Crippen molar-refractivity contribution in [3.05, 3.63) is 66.4 Å². The molecule has 0 radical (unpaired) electrons. The minimum Gasteiger partial charge on any atom is -0.494 e. The van der Waals surface area contributed by atoms with Crippen LogP contribution >= 0.6 is 0 Å². The second-order valence-corrected chi connectivity index (χ2v) is 11.3. The number of carbonyl (C=O) groups is 2. The first kappa shape index (κ1) is 27.6. The molecule has 42 heavy (non-hydrogen) atoms. The Bertz CT molecular complexity index is 1630. The Morgan fingerprint density at radius 2 is 1.93 bits per heavy atom. The molecule has 1 aromatic carbocycles. The largest absolute Gasteiger partial charge is 0.494 e. The Morgan fingerprint density at radius 3 is 2.64 bits per heavy atom. The van der Waals surface area contributed by atoms with E-state index < -0.39 is 5.41 Å². The Kier molecular flexibility index (Phi) is 7.28. The molecule has 11 heteroatoms. The number of hydrogen-bond acceptors (Lipinski definition) is 8. The van der Waals surface area contributed by atoms with Crippen molar-refractivity contribution in [3.8, 4) is 17.0 Å². The summed E-state index contributed by atoms with van der Waals surface area (Å²) in [6.45, 7) is 8.00. The van der Waals surface area contributed by atoms with Gasteiger partial charge < -0.3 is 25.4 Å². The van der Waals surface area contributed by atoms with Gasteiger partial charge in [0.05, 0.1) is 25.2 Å². The molecular formula is C31H35N7O4. The van der Waals surface area contributed by atoms with Crippen molar-refractivity contribution in [3.63, 3.8) is 0 Å². The lowest BCUT2D eigenvalue weighted by Gasteiger charge is -2.45. The molecule has 0 saturated carbocycles. The van der Waals surface area contributed by atoms with Gasteiger partial charge in [0.15, 0.2) is 0 Å². The quantitative estimate of drug-likeness (QED) is 0.339. The highest BCUT2D eigenvalue weighted by molar-refractivity contribution is 6.04. The molecule has 2 amide bonds. The zero-order chi connectivity index (χ0) is 29.4. The topological polar surface area (TPSA) is 137 Å². The maximum absolute atomic E-state index is 13.4. The van der Waals surface area contributed by atoms with E-state index in [1.54, 1.807) is 36.7 Å². The number of benzene rings is 1. The van der Waals surface area contributed by atoms with E-state index in [9.17, 15) is 9.59 Å². The molecule has 2 saturated heterocycles. The van der Waals surface area contributed by atoms with Crippen LogP contribution in [0.1, 0.15) is 55.7 Å². The molecule has 11 nitrogen and oxygen atoms in total. The number of rotatable bonds is 7. The molecule has 218 valence electrons. The van der Waals surface area contributed by atoms with Crippen molar-refractivity contribution in [2.24, 2.45) is 5.41 Å². The number of piperidine rings is 1. The van der Waals surface area contributed by atoms with Gasteiger partial charge in [-0.15, -0.1) is 0 Å². The SMILES string of the molecule is CCOc1ccnc(NC(=O)c2ccc(-c3nc([C@@H]4CC[C@H](C)N(C(=O)C5(C)COC5)C4)n4ccnc(N)c34)cc2)c1. The van der Waals surface area contributed by atoms with Gasteiger partial charge in [0.1, 0.15) is 34.4 Å². The number of ether oxygens (including phenoxy) is 2. The van der Waals surface area contributed by atoms with Crippen molar-refractivity contribution >= 4 is 29.0 Å². The summed E-state index contributed by atoms with van der Waals surface area (Å²) in [5.41, 5.74) is 8.60. The molecule has 2 aliphatic rings. The Hall–Kier alpha value is -4.51. The summed E-state index contributed by atoms with van der Waals surface area (Å²) >= 11 is 0. The number of nitrogens with one attached hydrogen (secondary N) is 1. The fourth-order valence-corrected chi connectivity index (χ4v) is 5.76. The summed E-state index contributed by atoms with van der Waals surface area (Å²) in [7, 11) is 0. The predicted molar refractivity (Wildman–Crippen MR) is 158 cm³/mol. The lowest BCUT2D eigenvalue weighted by Crippen LogP contribution is -2.57. The number of anilines is 2. The Labute approximate surface area is 244 Å². The van der Waals surface area contributed by atoms with Gasteiger partial charge in [-0.2, -0.15) is 0 Å².